The Kier molecular flexibility index (Phi) is 12.7. The number of carbonyl (C=O) groups excluding carboxylic acids is 5. The van der Waals surface area contributed by atoms with Gasteiger partial charge in [-0.05, 0) is 18.4 Å². The summed E-state index contributed by atoms with van der Waals surface area (Å²) in [6.07, 6.45) is -0.310. The highest BCUT2D eigenvalue weighted by Crippen LogP contribution is 2.07. The summed E-state index contributed by atoms with van der Waals surface area (Å²) in [6, 6.07) is 3.61. The fraction of sp³-hybridized carbons (Fsp3) is 0.458. The predicted molar refractivity (Wildman–Crippen MR) is 145 cm³/mol. The van der Waals surface area contributed by atoms with E-state index in [1.807, 2.05) is 0 Å². The maximum atomic E-state index is 13.3. The standard InChI is InChI=1S/C24H34N8O7S/c25-24(26)27-8-4-7-14-20(36)28-11-18(33)29-16(10-19(34)35)22(38)31-15(9-13-5-2-1-3-6-13)21(37)32-17(12-40)23(39)30-14/h1-3,5-6,14-17,40H,4,7-12H2,(H,28,36)(H,29,33)(H,30,39)(H,31,38)(H,32,37)(H,34,35)(H4,25,26,27)/p+1. The molecule has 40 heavy (non-hydrogen) atoms. The first-order valence-corrected chi connectivity index (χ1v) is 13.1. The first-order valence-electron chi connectivity index (χ1n) is 12.5. The molecule has 1 heterocycles. The zero-order valence-corrected chi connectivity index (χ0v) is 22.5. The Morgan fingerprint density at radius 1 is 0.875 bits per heavy atom. The first-order chi connectivity index (χ1) is 19.0. The molecule has 0 saturated carbocycles. The van der Waals surface area contributed by atoms with Crippen molar-refractivity contribution in [2.45, 2.75) is 49.9 Å². The number of nitrogens with one attached hydrogen (secondary N) is 6. The second kappa shape index (κ2) is 15.9. The van der Waals surface area contributed by atoms with Crippen LogP contribution in [0.25, 0.3) is 0 Å². The van der Waals surface area contributed by atoms with Gasteiger partial charge in [0.25, 0.3) is 0 Å². The van der Waals surface area contributed by atoms with E-state index in [1.165, 1.54) is 0 Å². The Morgan fingerprint density at radius 2 is 1.48 bits per heavy atom. The molecule has 4 unspecified atom stereocenters. The molecule has 0 radical (unpaired) electrons. The summed E-state index contributed by atoms with van der Waals surface area (Å²) >= 11 is 4.16. The van der Waals surface area contributed by atoms with Crippen LogP contribution in [0.2, 0.25) is 0 Å². The molecular formula is C24H35N8O7S+. The predicted octanol–water partition coefficient (Wildman–Crippen LogP) is -5.16. The van der Waals surface area contributed by atoms with Gasteiger partial charge in [-0.25, -0.2) is 0 Å². The Bertz CT molecular complexity index is 1110. The van der Waals surface area contributed by atoms with Crippen LogP contribution in [0.1, 0.15) is 24.8 Å². The molecule has 15 nitrogen and oxygen atoms in total. The van der Waals surface area contributed by atoms with E-state index in [1.54, 1.807) is 30.3 Å². The van der Waals surface area contributed by atoms with Crippen LogP contribution in [-0.4, -0.2) is 89.6 Å². The summed E-state index contributed by atoms with van der Waals surface area (Å²) in [6.45, 7) is -0.308. The van der Waals surface area contributed by atoms with E-state index >= 15 is 0 Å². The number of rotatable bonds is 9. The highest BCUT2D eigenvalue weighted by atomic mass is 32.1. The summed E-state index contributed by atoms with van der Waals surface area (Å²) in [7, 11) is 0. The molecule has 1 aliphatic rings. The average molecular weight is 580 g/mol. The van der Waals surface area contributed by atoms with Crippen LogP contribution >= 0.6 is 12.6 Å². The van der Waals surface area contributed by atoms with Gasteiger partial charge in [0.05, 0.1) is 19.5 Å². The van der Waals surface area contributed by atoms with Crippen LogP contribution in [0.15, 0.2) is 30.3 Å². The number of carboxylic acids is 1. The third-order valence-corrected chi connectivity index (χ3v) is 6.18. The average Bonchev–Trinajstić information content (AvgIpc) is 2.90. The maximum Gasteiger partial charge on any atom is 0.338 e. The molecule has 0 bridgehead atoms. The molecule has 2 rings (SSSR count). The van der Waals surface area contributed by atoms with Gasteiger partial charge in [0, 0.05) is 12.2 Å². The van der Waals surface area contributed by atoms with E-state index in [0.717, 1.165) is 0 Å². The van der Waals surface area contributed by atoms with Crippen LogP contribution in [0.4, 0.5) is 0 Å². The SMILES string of the molecule is NC(N)=[NH+]CCCC1NC(=O)C(CS)NC(=O)C(Cc2ccccc2)NC(=O)C(CC(=O)O)NC(=O)CNC1=O. The Hall–Kier alpha value is -4.34. The first kappa shape index (κ1) is 31.9. The van der Waals surface area contributed by atoms with Crippen LogP contribution in [0, 0.1) is 0 Å². The molecule has 11 N–H and O–H groups in total. The number of hydrogen-bond acceptors (Lipinski definition) is 7. The van der Waals surface area contributed by atoms with E-state index in [2.05, 4.69) is 44.2 Å². The molecular weight excluding hydrogens is 544 g/mol. The lowest BCUT2D eigenvalue weighted by Gasteiger charge is -2.25. The molecule has 1 saturated heterocycles. The van der Waals surface area contributed by atoms with Gasteiger partial charge >= 0.3 is 11.9 Å². The van der Waals surface area contributed by atoms with Crippen molar-refractivity contribution in [2.75, 3.05) is 18.8 Å². The molecule has 5 amide bonds. The van der Waals surface area contributed by atoms with E-state index in [4.69, 9.17) is 11.5 Å². The van der Waals surface area contributed by atoms with Gasteiger partial charge in [0.1, 0.15) is 24.2 Å². The van der Waals surface area contributed by atoms with Crippen LogP contribution < -0.4 is 43.0 Å². The Labute approximate surface area is 235 Å². The van der Waals surface area contributed by atoms with E-state index in [9.17, 15) is 33.9 Å². The molecule has 218 valence electrons. The second-order valence-electron chi connectivity index (χ2n) is 9.02. The number of carboxylic acid groups (broad SMARTS) is 1. The molecule has 4 atom stereocenters. The minimum Gasteiger partial charge on any atom is -0.481 e. The van der Waals surface area contributed by atoms with Crippen LogP contribution in [0.3, 0.4) is 0 Å². The number of amides is 5. The summed E-state index contributed by atoms with van der Waals surface area (Å²) in [5.41, 5.74) is 11.4. The minimum absolute atomic E-state index is 0.00399. The molecule has 1 aliphatic heterocycles. The lowest BCUT2D eigenvalue weighted by Crippen LogP contribution is -2.78. The number of guanidine groups is 1. The van der Waals surface area contributed by atoms with Gasteiger partial charge in [-0.1, -0.05) is 30.3 Å². The molecule has 1 fully saturated rings. The molecule has 0 aromatic heterocycles. The maximum absolute atomic E-state index is 13.3. The van der Waals surface area contributed by atoms with Crippen LogP contribution in [-0.2, 0) is 35.2 Å². The molecule has 0 spiro atoms. The molecule has 0 aliphatic carbocycles. The second-order valence-corrected chi connectivity index (χ2v) is 9.38. The number of benzene rings is 1. The van der Waals surface area contributed by atoms with E-state index in [-0.39, 0.29) is 24.6 Å². The third kappa shape index (κ3) is 10.8. The van der Waals surface area contributed by atoms with Gasteiger partial charge in [0.15, 0.2) is 0 Å². The smallest absolute Gasteiger partial charge is 0.338 e. The zero-order chi connectivity index (χ0) is 29.7. The van der Waals surface area contributed by atoms with E-state index in [0.29, 0.717) is 18.5 Å². The summed E-state index contributed by atoms with van der Waals surface area (Å²) in [4.78, 5) is 78.8. The highest BCUT2D eigenvalue weighted by molar-refractivity contribution is 7.80. The normalized spacial score (nSPS) is 22.8. The van der Waals surface area contributed by atoms with Gasteiger partial charge < -0.3 is 31.7 Å². The van der Waals surface area contributed by atoms with Gasteiger partial charge in [-0.3, -0.25) is 45.2 Å². The molecule has 1 aromatic carbocycles. The number of aliphatic carboxylic acids is 1. The van der Waals surface area contributed by atoms with Crippen molar-refractivity contribution < 1.29 is 38.9 Å². The van der Waals surface area contributed by atoms with Crippen molar-refractivity contribution in [1.82, 2.24) is 26.6 Å². The number of carbonyl (C=O) groups is 6. The van der Waals surface area contributed by atoms with Crippen molar-refractivity contribution in [3.63, 3.8) is 0 Å². The lowest BCUT2D eigenvalue weighted by atomic mass is 10.0. The Morgan fingerprint density at radius 3 is 2.10 bits per heavy atom. The fourth-order valence-electron chi connectivity index (χ4n) is 3.80. The van der Waals surface area contributed by atoms with Crippen molar-refractivity contribution >= 4 is 54.1 Å². The van der Waals surface area contributed by atoms with Gasteiger partial charge in [-0.2, -0.15) is 12.6 Å². The van der Waals surface area contributed by atoms with Crippen LogP contribution in [0.5, 0.6) is 0 Å². The largest absolute Gasteiger partial charge is 0.481 e. The lowest BCUT2D eigenvalue weighted by molar-refractivity contribution is -0.459. The van der Waals surface area contributed by atoms with Crippen molar-refractivity contribution in [3.8, 4) is 0 Å². The molecule has 16 heteroatoms. The number of thiol groups is 1. The van der Waals surface area contributed by atoms with E-state index < -0.39 is 72.6 Å². The van der Waals surface area contributed by atoms with Crippen molar-refractivity contribution in [2.24, 2.45) is 11.5 Å². The summed E-state index contributed by atoms with van der Waals surface area (Å²) in [5.74, 6) is -5.49. The topological polar surface area (TPSA) is 249 Å². The Balaban J connectivity index is 2.38. The fourth-order valence-corrected chi connectivity index (χ4v) is 4.05. The summed E-state index contributed by atoms with van der Waals surface area (Å²) in [5, 5.41) is 21.5. The monoisotopic (exact) mass is 579 g/mol. The zero-order valence-electron chi connectivity index (χ0n) is 21.6. The van der Waals surface area contributed by atoms with Gasteiger partial charge in [-0.15, -0.1) is 0 Å². The van der Waals surface area contributed by atoms with Crippen molar-refractivity contribution in [1.29, 1.82) is 0 Å². The highest BCUT2D eigenvalue weighted by Gasteiger charge is 2.32. The van der Waals surface area contributed by atoms with Crippen molar-refractivity contribution in [3.05, 3.63) is 35.9 Å². The molecule has 1 aromatic rings. The summed E-state index contributed by atoms with van der Waals surface area (Å²) < 4.78 is 0. The minimum atomic E-state index is -1.54. The third-order valence-electron chi connectivity index (χ3n) is 5.82. The quantitative estimate of drug-likeness (QED) is 0.0580. The number of hydrogen-bond donors (Lipinski definition) is 10. The van der Waals surface area contributed by atoms with Gasteiger partial charge in [0.2, 0.25) is 29.5 Å². The number of nitrogens with two attached hydrogens (primary N) is 2.